The fourth-order valence-electron chi connectivity index (χ4n) is 2.55. The summed E-state index contributed by atoms with van der Waals surface area (Å²) in [6.07, 6.45) is 0.900. The second-order valence-electron chi connectivity index (χ2n) is 4.93. The fraction of sp³-hybridized carbons (Fsp3) is 0.250. The zero-order valence-electron chi connectivity index (χ0n) is 11.0. The number of nitrogens with one attached hydrogen (secondary N) is 1. The highest BCUT2D eigenvalue weighted by Gasteiger charge is 2.22. The van der Waals surface area contributed by atoms with E-state index in [-0.39, 0.29) is 11.9 Å². The first-order chi connectivity index (χ1) is 9.17. The van der Waals surface area contributed by atoms with Gasteiger partial charge in [-0.1, -0.05) is 12.1 Å². The molecule has 19 heavy (non-hydrogen) atoms. The van der Waals surface area contributed by atoms with E-state index in [1.807, 2.05) is 24.3 Å². The summed E-state index contributed by atoms with van der Waals surface area (Å²) in [5, 5.41) is 3.47. The maximum Gasteiger partial charge on any atom is 0.126 e. The smallest absolute Gasteiger partial charge is 0.126 e. The first-order valence-corrected chi connectivity index (χ1v) is 6.37. The van der Waals surface area contributed by atoms with Crippen LogP contribution in [-0.2, 0) is 6.42 Å². The molecule has 3 heteroatoms. The lowest BCUT2D eigenvalue weighted by Crippen LogP contribution is -2.06. The standard InChI is InChI=1S/C16H16FNO/c1-10-7-11(3-5-14(10)17)16-9-12-8-13(19-2)4-6-15(12)18-16/h3-8,16,18H,9H2,1-2H3. The van der Waals surface area contributed by atoms with Crippen LogP contribution in [0.3, 0.4) is 0 Å². The average Bonchev–Trinajstić information content (AvgIpc) is 2.84. The quantitative estimate of drug-likeness (QED) is 0.882. The van der Waals surface area contributed by atoms with Gasteiger partial charge in [0.05, 0.1) is 13.2 Å². The average molecular weight is 257 g/mol. The van der Waals surface area contributed by atoms with E-state index in [4.69, 9.17) is 4.74 Å². The minimum Gasteiger partial charge on any atom is -0.497 e. The molecule has 1 aliphatic rings. The van der Waals surface area contributed by atoms with Gasteiger partial charge in [0, 0.05) is 5.69 Å². The van der Waals surface area contributed by atoms with Gasteiger partial charge in [0.2, 0.25) is 0 Å². The van der Waals surface area contributed by atoms with Gasteiger partial charge in [-0.05, 0) is 54.3 Å². The van der Waals surface area contributed by atoms with Crippen molar-refractivity contribution in [2.75, 3.05) is 12.4 Å². The Kier molecular flexibility index (Phi) is 2.90. The van der Waals surface area contributed by atoms with Crippen molar-refractivity contribution in [1.29, 1.82) is 0 Å². The Morgan fingerprint density at radius 2 is 2.05 bits per heavy atom. The predicted octanol–water partition coefficient (Wildman–Crippen LogP) is 3.85. The summed E-state index contributed by atoms with van der Waals surface area (Å²) >= 11 is 0. The summed E-state index contributed by atoms with van der Waals surface area (Å²) in [5.41, 5.74) is 4.18. The van der Waals surface area contributed by atoms with Crippen molar-refractivity contribution < 1.29 is 9.13 Å². The molecule has 0 bridgehead atoms. The minimum atomic E-state index is -0.152. The first-order valence-electron chi connectivity index (χ1n) is 6.37. The van der Waals surface area contributed by atoms with E-state index in [1.54, 1.807) is 14.0 Å². The van der Waals surface area contributed by atoms with Crippen LogP contribution in [0.1, 0.15) is 22.7 Å². The number of rotatable bonds is 2. The van der Waals surface area contributed by atoms with Crippen LogP contribution >= 0.6 is 0 Å². The van der Waals surface area contributed by atoms with Crippen LogP contribution in [0.2, 0.25) is 0 Å². The van der Waals surface area contributed by atoms with E-state index in [1.165, 1.54) is 11.6 Å². The molecule has 0 saturated heterocycles. The number of halogens is 1. The van der Waals surface area contributed by atoms with Crippen molar-refractivity contribution in [2.45, 2.75) is 19.4 Å². The zero-order valence-corrected chi connectivity index (χ0v) is 11.0. The predicted molar refractivity (Wildman–Crippen MR) is 74.2 cm³/mol. The second-order valence-corrected chi connectivity index (χ2v) is 4.93. The number of hydrogen-bond donors (Lipinski definition) is 1. The molecule has 0 spiro atoms. The Bertz CT molecular complexity index is 624. The molecular weight excluding hydrogens is 241 g/mol. The van der Waals surface area contributed by atoms with E-state index in [2.05, 4.69) is 11.4 Å². The van der Waals surface area contributed by atoms with Gasteiger partial charge in [0.1, 0.15) is 11.6 Å². The molecule has 1 N–H and O–H groups in total. The van der Waals surface area contributed by atoms with Gasteiger partial charge in [-0.25, -0.2) is 4.39 Å². The molecule has 0 amide bonds. The monoisotopic (exact) mass is 257 g/mol. The normalized spacial score (nSPS) is 16.9. The van der Waals surface area contributed by atoms with Gasteiger partial charge < -0.3 is 10.1 Å². The summed E-state index contributed by atoms with van der Waals surface area (Å²) < 4.78 is 18.5. The number of aryl methyl sites for hydroxylation is 1. The van der Waals surface area contributed by atoms with Crippen molar-refractivity contribution in [3.63, 3.8) is 0 Å². The molecule has 0 aliphatic carbocycles. The number of fused-ring (bicyclic) bond motifs is 1. The van der Waals surface area contributed by atoms with Gasteiger partial charge in [0.25, 0.3) is 0 Å². The molecule has 1 heterocycles. The lowest BCUT2D eigenvalue weighted by molar-refractivity contribution is 0.414. The molecule has 0 radical (unpaired) electrons. The van der Waals surface area contributed by atoms with Crippen LogP contribution in [0, 0.1) is 12.7 Å². The maximum absolute atomic E-state index is 13.3. The number of hydrogen-bond acceptors (Lipinski definition) is 2. The maximum atomic E-state index is 13.3. The van der Waals surface area contributed by atoms with Crippen LogP contribution in [0.15, 0.2) is 36.4 Å². The number of ether oxygens (including phenoxy) is 1. The third kappa shape index (κ3) is 2.16. The molecule has 0 fully saturated rings. The van der Waals surface area contributed by atoms with E-state index < -0.39 is 0 Å². The molecular formula is C16H16FNO. The Morgan fingerprint density at radius 3 is 2.79 bits per heavy atom. The van der Waals surface area contributed by atoms with Crippen LogP contribution in [0.25, 0.3) is 0 Å². The number of benzene rings is 2. The van der Waals surface area contributed by atoms with Gasteiger partial charge in [-0.15, -0.1) is 0 Å². The van der Waals surface area contributed by atoms with E-state index in [9.17, 15) is 4.39 Å². The summed E-state index contributed by atoms with van der Waals surface area (Å²) in [6, 6.07) is 11.5. The third-order valence-electron chi connectivity index (χ3n) is 3.65. The second kappa shape index (κ2) is 4.57. The molecule has 0 saturated carbocycles. The number of anilines is 1. The molecule has 1 atom stereocenters. The van der Waals surface area contributed by atoms with Crippen LogP contribution in [-0.4, -0.2) is 7.11 Å². The molecule has 1 unspecified atom stereocenters. The Balaban J connectivity index is 1.88. The van der Waals surface area contributed by atoms with Gasteiger partial charge in [-0.3, -0.25) is 0 Å². The highest BCUT2D eigenvalue weighted by atomic mass is 19.1. The van der Waals surface area contributed by atoms with Crippen molar-refractivity contribution >= 4 is 5.69 Å². The Labute approximate surface area is 112 Å². The topological polar surface area (TPSA) is 21.3 Å². The van der Waals surface area contributed by atoms with Crippen molar-refractivity contribution in [3.05, 3.63) is 58.9 Å². The minimum absolute atomic E-state index is 0.152. The fourth-order valence-corrected chi connectivity index (χ4v) is 2.55. The summed E-state index contributed by atoms with van der Waals surface area (Å²) in [4.78, 5) is 0. The third-order valence-corrected chi connectivity index (χ3v) is 3.65. The first kappa shape index (κ1) is 12.0. The molecule has 1 aliphatic heterocycles. The highest BCUT2D eigenvalue weighted by Crippen LogP contribution is 2.36. The summed E-state index contributed by atoms with van der Waals surface area (Å²) in [5.74, 6) is 0.720. The SMILES string of the molecule is COc1ccc2c(c1)CC(c1ccc(F)c(C)c1)N2. The summed E-state index contributed by atoms with van der Waals surface area (Å²) in [6.45, 7) is 1.80. The van der Waals surface area contributed by atoms with E-state index >= 15 is 0 Å². The highest BCUT2D eigenvalue weighted by molar-refractivity contribution is 5.60. The largest absolute Gasteiger partial charge is 0.497 e. The molecule has 2 aromatic carbocycles. The lowest BCUT2D eigenvalue weighted by atomic mass is 10.0. The molecule has 2 aromatic rings. The molecule has 2 nitrogen and oxygen atoms in total. The van der Waals surface area contributed by atoms with Gasteiger partial charge >= 0.3 is 0 Å². The molecule has 98 valence electrons. The van der Waals surface area contributed by atoms with Gasteiger partial charge in [0.15, 0.2) is 0 Å². The van der Waals surface area contributed by atoms with Gasteiger partial charge in [-0.2, -0.15) is 0 Å². The van der Waals surface area contributed by atoms with Crippen LogP contribution < -0.4 is 10.1 Å². The van der Waals surface area contributed by atoms with Crippen molar-refractivity contribution in [3.8, 4) is 5.75 Å². The van der Waals surface area contributed by atoms with Crippen molar-refractivity contribution in [1.82, 2.24) is 0 Å². The Hall–Kier alpha value is -2.03. The number of methoxy groups -OCH3 is 1. The lowest BCUT2D eigenvalue weighted by Gasteiger charge is -2.12. The van der Waals surface area contributed by atoms with Crippen LogP contribution in [0.4, 0.5) is 10.1 Å². The molecule has 3 rings (SSSR count). The summed E-state index contributed by atoms with van der Waals surface area (Å²) in [7, 11) is 1.67. The van der Waals surface area contributed by atoms with E-state index in [0.717, 1.165) is 23.4 Å². The van der Waals surface area contributed by atoms with Crippen molar-refractivity contribution in [2.24, 2.45) is 0 Å². The Morgan fingerprint density at radius 1 is 1.21 bits per heavy atom. The zero-order chi connectivity index (χ0) is 13.4. The van der Waals surface area contributed by atoms with E-state index in [0.29, 0.717) is 5.56 Å². The molecule has 0 aromatic heterocycles. The van der Waals surface area contributed by atoms with Crippen LogP contribution in [0.5, 0.6) is 5.75 Å².